The lowest BCUT2D eigenvalue weighted by Crippen LogP contribution is -2.38. The van der Waals surface area contributed by atoms with E-state index in [0.29, 0.717) is 21.2 Å². The Morgan fingerprint density at radius 2 is 0.971 bits per heavy atom. The summed E-state index contributed by atoms with van der Waals surface area (Å²) < 4.78 is 35.5. The quantitative estimate of drug-likeness (QED) is 0.240. The van der Waals surface area contributed by atoms with Crippen molar-refractivity contribution >= 4 is 41.5 Å². The molecule has 0 bridgehead atoms. The Hall–Kier alpha value is -3.19. The topological polar surface area (TPSA) is 60.4 Å². The van der Waals surface area contributed by atoms with E-state index < -0.39 is 25.9 Å². The van der Waals surface area contributed by atoms with Gasteiger partial charge in [0, 0.05) is 27.4 Å². The van der Waals surface area contributed by atoms with Gasteiger partial charge in [0.15, 0.2) is 7.14 Å². The Morgan fingerprint density at radius 3 is 1.31 bits per heavy atom. The Balaban J connectivity index is 1.96. The van der Waals surface area contributed by atoms with Crippen molar-refractivity contribution in [1.82, 2.24) is 0 Å². The fraction of sp³-hybridized carbons (Fsp3) is 0.138. The fourth-order valence-electron chi connectivity index (χ4n) is 4.33. The molecule has 178 valence electrons. The van der Waals surface area contributed by atoms with E-state index in [1.165, 1.54) is 0 Å². The van der Waals surface area contributed by atoms with Gasteiger partial charge in [-0.3, -0.25) is 4.79 Å². The lowest BCUT2D eigenvalue weighted by molar-refractivity contribution is -0.142. The van der Waals surface area contributed by atoms with E-state index in [2.05, 4.69) is 0 Å². The largest absolute Gasteiger partial charge is 0.465 e. The van der Waals surface area contributed by atoms with Crippen molar-refractivity contribution in [1.29, 1.82) is 0 Å². The minimum Gasteiger partial charge on any atom is -0.465 e. The maximum atomic E-state index is 15.2. The van der Waals surface area contributed by atoms with Gasteiger partial charge in [-0.1, -0.05) is 121 Å². The SMILES string of the molecule is CCOC(=O)C(CP(=O)(c1ccccc1)c1ccccc1)P(=O)(c1ccccc1)c1ccccc1. The zero-order chi connectivity index (χ0) is 24.7. The normalized spacial score (nSPS) is 12.6. The van der Waals surface area contributed by atoms with Crippen molar-refractivity contribution in [2.75, 3.05) is 12.8 Å². The molecule has 0 fully saturated rings. The van der Waals surface area contributed by atoms with Crippen LogP contribution in [0.25, 0.3) is 0 Å². The van der Waals surface area contributed by atoms with Crippen molar-refractivity contribution in [2.45, 2.75) is 12.6 Å². The Morgan fingerprint density at radius 1 is 0.629 bits per heavy atom. The smallest absolute Gasteiger partial charge is 0.317 e. The molecule has 1 unspecified atom stereocenters. The molecule has 0 aliphatic heterocycles. The monoisotopic (exact) mass is 502 g/mol. The maximum Gasteiger partial charge on any atom is 0.317 e. The van der Waals surface area contributed by atoms with E-state index in [1.54, 1.807) is 55.5 Å². The number of rotatable bonds is 9. The highest BCUT2D eigenvalue weighted by molar-refractivity contribution is 7.83. The summed E-state index contributed by atoms with van der Waals surface area (Å²) in [5.41, 5.74) is -1.13. The molecule has 0 spiro atoms. The molecule has 0 heterocycles. The standard InChI is InChI=1S/C29H28O4P2/c1-2-33-29(30)28(35(32,26-19-11-5-12-20-26)27-21-13-6-14-22-27)23-34(31,24-15-7-3-8-16-24)25-17-9-4-10-18-25/h3-22,28H,2,23H2,1H3. The van der Waals surface area contributed by atoms with Crippen LogP contribution in [0.4, 0.5) is 0 Å². The second-order valence-electron chi connectivity index (χ2n) is 8.19. The molecule has 35 heavy (non-hydrogen) atoms. The van der Waals surface area contributed by atoms with Crippen LogP contribution in [0, 0.1) is 0 Å². The third-order valence-corrected chi connectivity index (χ3v) is 12.9. The zero-order valence-electron chi connectivity index (χ0n) is 19.6. The second kappa shape index (κ2) is 11.0. The molecule has 0 N–H and O–H groups in total. The van der Waals surface area contributed by atoms with Gasteiger partial charge in [0.05, 0.1) is 6.61 Å². The summed E-state index contributed by atoms with van der Waals surface area (Å²) in [7, 11) is -6.97. The summed E-state index contributed by atoms with van der Waals surface area (Å²) in [6.45, 7) is 1.86. The van der Waals surface area contributed by atoms with Gasteiger partial charge in [-0.2, -0.15) is 0 Å². The lowest BCUT2D eigenvalue weighted by Gasteiger charge is -2.30. The molecule has 1 atom stereocenters. The molecule has 0 radical (unpaired) electrons. The van der Waals surface area contributed by atoms with Crippen LogP contribution in [-0.2, 0) is 18.7 Å². The van der Waals surface area contributed by atoms with E-state index in [4.69, 9.17) is 4.74 Å². The van der Waals surface area contributed by atoms with E-state index >= 15 is 4.57 Å². The minimum atomic E-state index is -3.60. The van der Waals surface area contributed by atoms with Gasteiger partial charge in [-0.15, -0.1) is 0 Å². The average Bonchev–Trinajstić information content (AvgIpc) is 2.93. The van der Waals surface area contributed by atoms with Crippen molar-refractivity contribution in [2.24, 2.45) is 0 Å². The van der Waals surface area contributed by atoms with Gasteiger partial charge < -0.3 is 13.9 Å². The first kappa shape index (κ1) is 24.9. The van der Waals surface area contributed by atoms with Gasteiger partial charge in [-0.05, 0) is 6.92 Å². The van der Waals surface area contributed by atoms with Crippen molar-refractivity contribution < 1.29 is 18.7 Å². The first-order valence-electron chi connectivity index (χ1n) is 11.6. The van der Waals surface area contributed by atoms with Crippen LogP contribution in [-0.4, -0.2) is 24.4 Å². The summed E-state index contributed by atoms with van der Waals surface area (Å²) >= 11 is 0. The van der Waals surface area contributed by atoms with Gasteiger partial charge in [0.1, 0.15) is 12.8 Å². The molecule has 4 aromatic carbocycles. The molecular weight excluding hydrogens is 474 g/mol. The van der Waals surface area contributed by atoms with Crippen molar-refractivity contribution in [3.05, 3.63) is 121 Å². The third-order valence-electron chi connectivity index (χ3n) is 6.05. The number of ether oxygens (including phenoxy) is 1. The van der Waals surface area contributed by atoms with E-state index in [1.807, 2.05) is 72.8 Å². The predicted molar refractivity (Wildman–Crippen MR) is 145 cm³/mol. The highest BCUT2D eigenvalue weighted by atomic mass is 31.2. The molecule has 0 saturated heterocycles. The molecule has 0 aliphatic rings. The number of hydrogen-bond acceptors (Lipinski definition) is 4. The number of hydrogen-bond donors (Lipinski definition) is 0. The molecule has 0 saturated carbocycles. The van der Waals surface area contributed by atoms with Crippen LogP contribution >= 0.6 is 14.3 Å². The zero-order valence-corrected chi connectivity index (χ0v) is 21.4. The molecule has 4 rings (SSSR count). The van der Waals surface area contributed by atoms with Crippen LogP contribution in [0.5, 0.6) is 0 Å². The van der Waals surface area contributed by atoms with E-state index in [9.17, 15) is 9.36 Å². The molecule has 6 heteroatoms. The van der Waals surface area contributed by atoms with E-state index in [-0.39, 0.29) is 12.8 Å². The van der Waals surface area contributed by atoms with Crippen molar-refractivity contribution in [3.8, 4) is 0 Å². The Kier molecular flexibility index (Phi) is 7.86. The number of esters is 1. The second-order valence-corrected chi connectivity index (χ2v) is 14.0. The Labute approximate surface area is 206 Å². The molecule has 0 aromatic heterocycles. The van der Waals surface area contributed by atoms with Gasteiger partial charge in [0.25, 0.3) is 0 Å². The summed E-state index contributed by atoms with van der Waals surface area (Å²) in [6, 6.07) is 36.3. The maximum absolute atomic E-state index is 15.2. The average molecular weight is 502 g/mol. The summed E-state index contributed by atoms with van der Waals surface area (Å²) in [5.74, 6) is -0.601. The van der Waals surface area contributed by atoms with Crippen LogP contribution in [0.2, 0.25) is 0 Å². The van der Waals surface area contributed by atoms with Crippen LogP contribution in [0.3, 0.4) is 0 Å². The lowest BCUT2D eigenvalue weighted by atomic mass is 10.4. The molecule has 0 aliphatic carbocycles. The van der Waals surface area contributed by atoms with Gasteiger partial charge in [-0.25, -0.2) is 0 Å². The van der Waals surface area contributed by atoms with E-state index in [0.717, 1.165) is 0 Å². The van der Waals surface area contributed by atoms with Gasteiger partial charge in [0.2, 0.25) is 0 Å². The summed E-state index contributed by atoms with van der Waals surface area (Å²) in [6.07, 6.45) is -0.110. The number of carbonyl (C=O) groups excluding carboxylic acids is 1. The number of carbonyl (C=O) groups is 1. The van der Waals surface area contributed by atoms with Crippen LogP contribution in [0.15, 0.2) is 121 Å². The predicted octanol–water partition coefficient (Wildman–Crippen LogP) is 4.95. The Bertz CT molecular complexity index is 1250. The molecular formula is C29H28O4P2. The van der Waals surface area contributed by atoms with Crippen molar-refractivity contribution in [3.63, 3.8) is 0 Å². The fourth-order valence-corrected chi connectivity index (χ4v) is 11.2. The van der Waals surface area contributed by atoms with Crippen LogP contribution < -0.4 is 21.2 Å². The first-order valence-corrected chi connectivity index (χ1v) is 15.2. The van der Waals surface area contributed by atoms with Crippen LogP contribution in [0.1, 0.15) is 6.92 Å². The molecule has 4 aromatic rings. The minimum absolute atomic E-state index is 0.110. The summed E-state index contributed by atoms with van der Waals surface area (Å²) in [4.78, 5) is 13.6. The highest BCUT2D eigenvalue weighted by Gasteiger charge is 2.47. The highest BCUT2D eigenvalue weighted by Crippen LogP contribution is 2.56. The summed E-state index contributed by atoms with van der Waals surface area (Å²) in [5, 5.41) is 2.31. The number of benzene rings is 4. The van der Waals surface area contributed by atoms with Gasteiger partial charge >= 0.3 is 5.97 Å². The third kappa shape index (κ3) is 5.10. The molecule has 0 amide bonds. The molecule has 4 nitrogen and oxygen atoms in total. The first-order chi connectivity index (χ1) is 17.0.